The van der Waals surface area contributed by atoms with Crippen LogP contribution in [0.15, 0.2) is 23.8 Å². The number of carbonyl (C=O) groups excluding carboxylic acids is 1. The van der Waals surface area contributed by atoms with Crippen LogP contribution in [-0.2, 0) is 4.79 Å². The number of benzene rings is 1. The van der Waals surface area contributed by atoms with Crippen molar-refractivity contribution in [2.45, 2.75) is 0 Å². The highest BCUT2D eigenvalue weighted by atomic mass is 35.5. The van der Waals surface area contributed by atoms with E-state index in [9.17, 15) is 4.79 Å². The molecule has 0 aliphatic carbocycles. The summed E-state index contributed by atoms with van der Waals surface area (Å²) in [5, 5.41) is 17.9. The minimum Gasteiger partial charge on any atom is -0.488 e. The number of fused-ring (bicyclic) bond motifs is 1. The third-order valence-electron chi connectivity index (χ3n) is 2.77. The van der Waals surface area contributed by atoms with Gasteiger partial charge in [-0.15, -0.1) is 0 Å². The van der Waals surface area contributed by atoms with Crippen LogP contribution >= 0.6 is 11.6 Å². The van der Waals surface area contributed by atoms with Crippen molar-refractivity contribution in [3.8, 4) is 17.9 Å². The molecule has 0 atom stereocenters. The summed E-state index contributed by atoms with van der Waals surface area (Å²) in [6.07, 6.45) is 1.68. The highest BCUT2D eigenvalue weighted by Crippen LogP contribution is 2.29. The molecular formula is C14H10ClN3O2. The normalized spacial score (nSPS) is 12.2. The summed E-state index contributed by atoms with van der Waals surface area (Å²) in [6.45, 7) is -0.154. The highest BCUT2D eigenvalue weighted by molar-refractivity contribution is 6.30. The van der Waals surface area contributed by atoms with E-state index in [2.05, 4.69) is 0 Å². The van der Waals surface area contributed by atoms with Gasteiger partial charge < -0.3 is 9.64 Å². The lowest BCUT2D eigenvalue weighted by atomic mass is 10.1. The number of hydrogen-bond acceptors (Lipinski definition) is 4. The Kier molecular flexibility index (Phi) is 4.24. The van der Waals surface area contributed by atoms with E-state index >= 15 is 0 Å². The summed E-state index contributed by atoms with van der Waals surface area (Å²) in [6, 6.07) is 8.87. The van der Waals surface area contributed by atoms with E-state index in [1.807, 2.05) is 12.1 Å². The summed E-state index contributed by atoms with van der Waals surface area (Å²) in [5.41, 5.74) is 1.10. The first-order chi connectivity index (χ1) is 9.65. The van der Waals surface area contributed by atoms with Crippen LogP contribution in [-0.4, -0.2) is 30.5 Å². The molecule has 0 bridgehead atoms. The van der Waals surface area contributed by atoms with Crippen LogP contribution in [0.3, 0.4) is 0 Å². The van der Waals surface area contributed by atoms with Crippen molar-refractivity contribution in [2.24, 2.45) is 0 Å². The van der Waals surface area contributed by atoms with Crippen LogP contribution < -0.4 is 4.74 Å². The Bertz CT molecular complexity index is 639. The molecule has 1 heterocycles. The fourth-order valence-electron chi connectivity index (χ4n) is 1.85. The first-order valence-electron chi connectivity index (χ1n) is 5.82. The molecule has 5 nitrogen and oxygen atoms in total. The summed E-state index contributed by atoms with van der Waals surface area (Å²) in [4.78, 5) is 13.4. The maximum atomic E-state index is 12.2. The molecule has 0 saturated carbocycles. The van der Waals surface area contributed by atoms with Crippen molar-refractivity contribution >= 4 is 23.6 Å². The molecule has 0 radical (unpaired) electrons. The summed E-state index contributed by atoms with van der Waals surface area (Å²) in [7, 11) is 0. The van der Waals surface area contributed by atoms with Gasteiger partial charge in [0.1, 0.15) is 25.4 Å². The van der Waals surface area contributed by atoms with Crippen molar-refractivity contribution in [2.75, 3.05) is 19.7 Å². The van der Waals surface area contributed by atoms with E-state index < -0.39 is 0 Å². The monoisotopic (exact) mass is 287 g/mol. The lowest BCUT2D eigenvalue weighted by Gasteiger charge is -2.22. The van der Waals surface area contributed by atoms with Crippen LogP contribution in [0.25, 0.3) is 6.08 Å². The topological polar surface area (TPSA) is 77.1 Å². The molecule has 1 aromatic carbocycles. The maximum Gasteiger partial charge on any atom is 0.254 e. The number of nitrogens with zero attached hydrogens (tertiary/aromatic N) is 3. The molecule has 0 saturated heterocycles. The van der Waals surface area contributed by atoms with E-state index in [1.165, 1.54) is 4.90 Å². The Morgan fingerprint density at radius 1 is 1.35 bits per heavy atom. The zero-order valence-corrected chi connectivity index (χ0v) is 11.2. The van der Waals surface area contributed by atoms with Gasteiger partial charge in [0.2, 0.25) is 0 Å². The Morgan fingerprint density at radius 3 is 2.70 bits per heavy atom. The number of carbonyl (C=O) groups is 1. The molecule has 0 N–H and O–H groups in total. The van der Waals surface area contributed by atoms with E-state index in [0.29, 0.717) is 21.9 Å². The second-order valence-corrected chi connectivity index (χ2v) is 4.55. The zero-order chi connectivity index (χ0) is 14.5. The molecule has 0 spiro atoms. The molecule has 1 aliphatic heterocycles. The Hall–Kier alpha value is -2.50. The van der Waals surface area contributed by atoms with Gasteiger partial charge in [-0.05, 0) is 24.3 Å². The van der Waals surface area contributed by atoms with Crippen molar-refractivity contribution < 1.29 is 9.53 Å². The number of hydrogen-bond donors (Lipinski definition) is 0. The van der Waals surface area contributed by atoms with Crippen LogP contribution in [0.5, 0.6) is 5.75 Å². The Morgan fingerprint density at radius 2 is 2.05 bits per heavy atom. The fourth-order valence-corrected chi connectivity index (χ4v) is 2.03. The number of amides is 1. The molecule has 0 fully saturated rings. The van der Waals surface area contributed by atoms with E-state index in [-0.39, 0.29) is 25.6 Å². The lowest BCUT2D eigenvalue weighted by molar-refractivity contribution is -0.126. The minimum atomic E-state index is -0.376. The van der Waals surface area contributed by atoms with E-state index in [1.54, 1.807) is 24.3 Å². The molecule has 1 aromatic rings. The molecule has 1 amide bonds. The molecule has 1 aliphatic rings. The van der Waals surface area contributed by atoms with Gasteiger partial charge in [-0.1, -0.05) is 11.6 Å². The van der Waals surface area contributed by atoms with E-state index in [0.717, 1.165) is 0 Å². The fraction of sp³-hybridized carbons (Fsp3) is 0.214. The van der Waals surface area contributed by atoms with Crippen molar-refractivity contribution in [1.29, 1.82) is 10.5 Å². The third kappa shape index (κ3) is 2.90. The zero-order valence-electron chi connectivity index (χ0n) is 10.5. The van der Waals surface area contributed by atoms with Gasteiger partial charge in [0.15, 0.2) is 0 Å². The molecule has 20 heavy (non-hydrogen) atoms. The first-order valence-corrected chi connectivity index (χ1v) is 6.19. The van der Waals surface area contributed by atoms with E-state index in [4.69, 9.17) is 26.9 Å². The van der Waals surface area contributed by atoms with Crippen molar-refractivity contribution in [3.05, 3.63) is 34.4 Å². The van der Waals surface area contributed by atoms with Gasteiger partial charge in [-0.2, -0.15) is 10.5 Å². The van der Waals surface area contributed by atoms with Gasteiger partial charge >= 0.3 is 0 Å². The average molecular weight is 288 g/mol. The molecular weight excluding hydrogens is 278 g/mol. The SMILES string of the molecule is N#CCN(CC#N)C(=O)C1=Cc2cc(Cl)ccc2OC1. The van der Waals surface area contributed by atoms with Crippen LogP contribution in [0.1, 0.15) is 5.56 Å². The van der Waals surface area contributed by atoms with Crippen molar-refractivity contribution in [1.82, 2.24) is 4.90 Å². The predicted octanol–water partition coefficient (Wildman–Crippen LogP) is 1.99. The second kappa shape index (κ2) is 6.10. The van der Waals surface area contributed by atoms with Crippen LogP contribution in [0.2, 0.25) is 5.02 Å². The number of rotatable bonds is 3. The van der Waals surface area contributed by atoms with Gasteiger partial charge in [-0.3, -0.25) is 4.79 Å². The first kappa shape index (κ1) is 13.9. The summed E-state index contributed by atoms with van der Waals surface area (Å²) in [5.74, 6) is 0.275. The number of nitriles is 2. The van der Waals surface area contributed by atoms with Crippen LogP contribution in [0.4, 0.5) is 0 Å². The summed E-state index contributed by atoms with van der Waals surface area (Å²) < 4.78 is 5.48. The van der Waals surface area contributed by atoms with Gasteiger partial charge in [0, 0.05) is 10.6 Å². The van der Waals surface area contributed by atoms with Gasteiger partial charge in [0.25, 0.3) is 5.91 Å². The van der Waals surface area contributed by atoms with Gasteiger partial charge in [-0.25, -0.2) is 0 Å². The Labute approximate surface area is 121 Å². The van der Waals surface area contributed by atoms with Crippen molar-refractivity contribution in [3.63, 3.8) is 0 Å². The number of halogens is 1. The molecule has 100 valence electrons. The quantitative estimate of drug-likeness (QED) is 0.797. The molecule has 0 aromatic heterocycles. The highest BCUT2D eigenvalue weighted by Gasteiger charge is 2.22. The molecule has 6 heteroatoms. The minimum absolute atomic E-state index is 0.112. The average Bonchev–Trinajstić information content (AvgIpc) is 2.45. The second-order valence-electron chi connectivity index (χ2n) is 4.12. The standard InChI is InChI=1S/C14H10ClN3O2/c15-12-1-2-13-10(8-12)7-11(9-20-13)14(19)18(5-3-16)6-4-17/h1-2,7-8H,5-6,9H2. The van der Waals surface area contributed by atoms with Crippen LogP contribution in [0, 0.1) is 22.7 Å². The molecule has 0 unspecified atom stereocenters. The molecule has 2 rings (SSSR count). The largest absolute Gasteiger partial charge is 0.488 e. The third-order valence-corrected chi connectivity index (χ3v) is 3.00. The Balaban J connectivity index is 2.28. The predicted molar refractivity (Wildman–Crippen MR) is 72.7 cm³/mol. The number of ether oxygens (including phenoxy) is 1. The van der Waals surface area contributed by atoms with Gasteiger partial charge in [0.05, 0.1) is 17.7 Å². The smallest absolute Gasteiger partial charge is 0.254 e. The maximum absolute atomic E-state index is 12.2. The summed E-state index contributed by atoms with van der Waals surface area (Å²) >= 11 is 5.90. The lowest BCUT2D eigenvalue weighted by Crippen LogP contribution is -2.35.